The Kier molecular flexibility index (Phi) is 4.87. The van der Waals surface area contributed by atoms with E-state index in [1.807, 2.05) is 5.43 Å². The fourth-order valence-electron chi connectivity index (χ4n) is 1.35. The SMILES string of the molecule is COc1ccc(OC)c(/C(C)=N\NC(=O)C(N)=O)c1. The quantitative estimate of drug-likeness (QED) is 0.455. The highest BCUT2D eigenvalue weighted by molar-refractivity contribution is 6.34. The Morgan fingerprint density at radius 2 is 1.95 bits per heavy atom. The predicted octanol–water partition coefficient (Wildman–Crippen LogP) is 0.0293. The van der Waals surface area contributed by atoms with Gasteiger partial charge in [-0.05, 0) is 25.1 Å². The summed E-state index contributed by atoms with van der Waals surface area (Å²) in [6.07, 6.45) is 0. The van der Waals surface area contributed by atoms with Crippen LogP contribution in [0.4, 0.5) is 0 Å². The third kappa shape index (κ3) is 3.70. The molecule has 0 aromatic heterocycles. The molecule has 102 valence electrons. The minimum absolute atomic E-state index is 0.449. The monoisotopic (exact) mass is 265 g/mol. The molecule has 0 saturated carbocycles. The number of amides is 2. The summed E-state index contributed by atoms with van der Waals surface area (Å²) >= 11 is 0. The summed E-state index contributed by atoms with van der Waals surface area (Å²) in [5.74, 6) is -0.905. The van der Waals surface area contributed by atoms with E-state index in [1.54, 1.807) is 25.1 Å². The third-order valence-corrected chi connectivity index (χ3v) is 2.35. The van der Waals surface area contributed by atoms with E-state index >= 15 is 0 Å². The summed E-state index contributed by atoms with van der Waals surface area (Å²) in [5, 5.41) is 3.78. The van der Waals surface area contributed by atoms with E-state index in [9.17, 15) is 9.59 Å². The number of hydrazone groups is 1. The number of carbonyl (C=O) groups is 2. The summed E-state index contributed by atoms with van der Waals surface area (Å²) in [5.41, 5.74) is 7.93. The maximum atomic E-state index is 11.0. The van der Waals surface area contributed by atoms with E-state index in [4.69, 9.17) is 15.2 Å². The summed E-state index contributed by atoms with van der Waals surface area (Å²) in [4.78, 5) is 21.6. The minimum atomic E-state index is -1.10. The van der Waals surface area contributed by atoms with Gasteiger partial charge in [0.25, 0.3) is 0 Å². The zero-order chi connectivity index (χ0) is 14.4. The van der Waals surface area contributed by atoms with Crippen molar-refractivity contribution in [1.82, 2.24) is 5.43 Å². The molecule has 0 unspecified atom stereocenters. The first-order valence-electron chi connectivity index (χ1n) is 5.36. The molecule has 0 aliphatic heterocycles. The fourth-order valence-corrected chi connectivity index (χ4v) is 1.35. The molecule has 0 saturated heterocycles. The van der Waals surface area contributed by atoms with Crippen molar-refractivity contribution in [2.75, 3.05) is 14.2 Å². The van der Waals surface area contributed by atoms with Gasteiger partial charge in [-0.2, -0.15) is 5.10 Å². The summed E-state index contributed by atoms with van der Waals surface area (Å²) in [6.45, 7) is 1.65. The number of methoxy groups -OCH3 is 2. The molecule has 0 aliphatic rings. The lowest BCUT2D eigenvalue weighted by Crippen LogP contribution is -2.33. The van der Waals surface area contributed by atoms with Gasteiger partial charge in [-0.25, -0.2) is 5.43 Å². The number of hydrogen-bond acceptors (Lipinski definition) is 5. The van der Waals surface area contributed by atoms with Crippen molar-refractivity contribution < 1.29 is 19.1 Å². The normalized spacial score (nSPS) is 10.8. The molecular formula is C12H15N3O4. The van der Waals surface area contributed by atoms with Gasteiger partial charge in [0.2, 0.25) is 0 Å². The minimum Gasteiger partial charge on any atom is -0.497 e. The van der Waals surface area contributed by atoms with E-state index < -0.39 is 11.8 Å². The van der Waals surface area contributed by atoms with E-state index in [-0.39, 0.29) is 0 Å². The van der Waals surface area contributed by atoms with Crippen molar-refractivity contribution >= 4 is 17.5 Å². The van der Waals surface area contributed by atoms with Crippen LogP contribution in [0.5, 0.6) is 11.5 Å². The molecular weight excluding hydrogens is 250 g/mol. The van der Waals surface area contributed by atoms with Crippen LogP contribution >= 0.6 is 0 Å². The number of nitrogens with one attached hydrogen (secondary N) is 1. The maximum Gasteiger partial charge on any atom is 0.329 e. The molecule has 19 heavy (non-hydrogen) atoms. The molecule has 3 N–H and O–H groups in total. The molecule has 0 heterocycles. The number of nitrogens with zero attached hydrogens (tertiary/aromatic N) is 1. The van der Waals surface area contributed by atoms with Crippen LogP contribution in [0.2, 0.25) is 0 Å². The van der Waals surface area contributed by atoms with Gasteiger partial charge in [0, 0.05) is 5.56 Å². The number of rotatable bonds is 4. The largest absolute Gasteiger partial charge is 0.497 e. The first-order chi connectivity index (χ1) is 8.99. The predicted molar refractivity (Wildman–Crippen MR) is 69.1 cm³/mol. The van der Waals surface area contributed by atoms with E-state index in [0.717, 1.165) is 0 Å². The summed E-state index contributed by atoms with van der Waals surface area (Å²) < 4.78 is 10.3. The third-order valence-electron chi connectivity index (χ3n) is 2.35. The van der Waals surface area contributed by atoms with Gasteiger partial charge in [0.1, 0.15) is 11.5 Å². The van der Waals surface area contributed by atoms with Crippen LogP contribution in [-0.4, -0.2) is 31.7 Å². The number of nitrogens with two attached hydrogens (primary N) is 1. The van der Waals surface area contributed by atoms with Gasteiger partial charge < -0.3 is 15.2 Å². The molecule has 0 atom stereocenters. The Balaban J connectivity index is 3.03. The molecule has 7 heteroatoms. The average molecular weight is 265 g/mol. The van der Waals surface area contributed by atoms with Gasteiger partial charge >= 0.3 is 11.8 Å². The molecule has 1 rings (SSSR count). The van der Waals surface area contributed by atoms with Crippen LogP contribution in [0.25, 0.3) is 0 Å². The fraction of sp³-hybridized carbons (Fsp3) is 0.250. The van der Waals surface area contributed by atoms with Crippen molar-refractivity contribution in [3.8, 4) is 11.5 Å². The Labute approximate surface area is 110 Å². The van der Waals surface area contributed by atoms with Gasteiger partial charge in [0.05, 0.1) is 19.9 Å². The van der Waals surface area contributed by atoms with Crippen LogP contribution in [0.15, 0.2) is 23.3 Å². The smallest absolute Gasteiger partial charge is 0.329 e. The molecule has 0 fully saturated rings. The lowest BCUT2D eigenvalue weighted by Gasteiger charge is -2.10. The molecule has 1 aromatic carbocycles. The Morgan fingerprint density at radius 3 is 2.47 bits per heavy atom. The van der Waals surface area contributed by atoms with Crippen LogP contribution in [0.1, 0.15) is 12.5 Å². The van der Waals surface area contributed by atoms with Gasteiger partial charge in [-0.15, -0.1) is 0 Å². The Bertz CT molecular complexity index is 526. The number of carbonyl (C=O) groups excluding carboxylic acids is 2. The first kappa shape index (κ1) is 14.5. The number of hydrogen-bond donors (Lipinski definition) is 2. The number of primary amides is 1. The maximum absolute atomic E-state index is 11.0. The number of benzene rings is 1. The van der Waals surface area contributed by atoms with Crippen LogP contribution in [0.3, 0.4) is 0 Å². The standard InChI is InChI=1S/C12H15N3O4/c1-7(14-15-12(17)11(13)16)9-6-8(18-2)4-5-10(9)19-3/h4-6H,1-3H3,(H2,13,16)(H,15,17)/b14-7-. The molecule has 0 bridgehead atoms. The molecule has 0 radical (unpaired) electrons. The van der Waals surface area contributed by atoms with Gasteiger partial charge in [-0.1, -0.05) is 0 Å². The van der Waals surface area contributed by atoms with Crippen molar-refractivity contribution in [1.29, 1.82) is 0 Å². The summed E-state index contributed by atoms with van der Waals surface area (Å²) in [7, 11) is 3.05. The second kappa shape index (κ2) is 6.39. The molecule has 7 nitrogen and oxygen atoms in total. The van der Waals surface area contributed by atoms with Crippen molar-refractivity contribution in [3.05, 3.63) is 23.8 Å². The zero-order valence-corrected chi connectivity index (χ0v) is 10.9. The van der Waals surface area contributed by atoms with E-state index in [1.165, 1.54) is 14.2 Å². The highest BCUT2D eigenvalue weighted by Gasteiger charge is 2.10. The van der Waals surface area contributed by atoms with Crippen LogP contribution < -0.4 is 20.6 Å². The zero-order valence-electron chi connectivity index (χ0n) is 10.9. The Hall–Kier alpha value is -2.57. The van der Waals surface area contributed by atoms with Crippen LogP contribution in [-0.2, 0) is 9.59 Å². The lowest BCUT2D eigenvalue weighted by molar-refractivity contribution is -0.137. The molecule has 0 spiro atoms. The summed E-state index contributed by atoms with van der Waals surface area (Å²) in [6, 6.07) is 5.15. The highest BCUT2D eigenvalue weighted by Crippen LogP contribution is 2.24. The van der Waals surface area contributed by atoms with E-state index in [0.29, 0.717) is 22.8 Å². The topological polar surface area (TPSA) is 103 Å². The highest BCUT2D eigenvalue weighted by atomic mass is 16.5. The van der Waals surface area contributed by atoms with Crippen LogP contribution in [0, 0.1) is 0 Å². The molecule has 0 aliphatic carbocycles. The van der Waals surface area contributed by atoms with Gasteiger partial charge in [-0.3, -0.25) is 9.59 Å². The first-order valence-corrected chi connectivity index (χ1v) is 5.36. The number of ether oxygens (including phenoxy) is 2. The average Bonchev–Trinajstić information content (AvgIpc) is 2.43. The van der Waals surface area contributed by atoms with Crippen molar-refractivity contribution in [3.63, 3.8) is 0 Å². The van der Waals surface area contributed by atoms with Crippen molar-refractivity contribution in [2.24, 2.45) is 10.8 Å². The van der Waals surface area contributed by atoms with E-state index in [2.05, 4.69) is 5.10 Å². The molecule has 1 aromatic rings. The Morgan fingerprint density at radius 1 is 1.26 bits per heavy atom. The second-order valence-electron chi connectivity index (χ2n) is 3.57. The lowest BCUT2D eigenvalue weighted by atomic mass is 10.1. The molecule has 2 amide bonds. The van der Waals surface area contributed by atoms with Gasteiger partial charge in [0.15, 0.2) is 0 Å². The van der Waals surface area contributed by atoms with Crippen molar-refractivity contribution in [2.45, 2.75) is 6.92 Å². The second-order valence-corrected chi connectivity index (χ2v) is 3.57.